The van der Waals surface area contributed by atoms with Crippen molar-refractivity contribution in [3.8, 4) is 0 Å². The lowest BCUT2D eigenvalue weighted by atomic mass is 9.88. The van der Waals surface area contributed by atoms with Crippen LogP contribution in [0.2, 0.25) is 0 Å². The van der Waals surface area contributed by atoms with E-state index in [0.717, 1.165) is 35.5 Å². The second kappa shape index (κ2) is 135. The zero-order valence-corrected chi connectivity index (χ0v) is 59.6. The average Bonchev–Trinajstić information content (AvgIpc) is 3.79. The molecule has 0 aromatic rings. The van der Waals surface area contributed by atoms with Gasteiger partial charge in [0.15, 0.2) is 0 Å². The monoisotopic (exact) mass is 1200 g/mol. The highest BCUT2D eigenvalue weighted by atomic mass is 14.2. The summed E-state index contributed by atoms with van der Waals surface area (Å²) in [5.41, 5.74) is 2.17. The molecule has 0 heteroatoms. The Kier molecular flexibility index (Phi) is 272. The second-order valence-electron chi connectivity index (χ2n) is 25.8. The lowest BCUT2D eigenvalue weighted by Gasteiger charge is -2.18. The van der Waals surface area contributed by atoms with Gasteiger partial charge in [0.05, 0.1) is 0 Å². The second-order valence-corrected chi connectivity index (χ2v) is 25.8. The fraction of sp³-hybridized carbons (Fsp3) is 1.00. The van der Waals surface area contributed by atoms with Crippen LogP contribution in [0.1, 0.15) is 494 Å². The predicted molar refractivity (Wildman–Crippen MR) is 431 cm³/mol. The third-order valence-corrected chi connectivity index (χ3v) is 11.1. The molecule has 2 aliphatic rings. The van der Waals surface area contributed by atoms with E-state index in [2.05, 4.69) is 235 Å². The third kappa shape index (κ3) is 385. The van der Waals surface area contributed by atoms with Gasteiger partial charge in [-0.3, -0.25) is 0 Å². The molecule has 0 aromatic heterocycles. The summed E-state index contributed by atoms with van der Waals surface area (Å²) in [6.45, 7) is 87.5. The van der Waals surface area contributed by atoms with Crippen molar-refractivity contribution in [1.29, 1.82) is 0 Å². The van der Waals surface area contributed by atoms with Crippen molar-refractivity contribution in [3.63, 3.8) is 0 Å². The van der Waals surface area contributed by atoms with E-state index in [1.807, 2.05) is 41.5 Å². The van der Waals surface area contributed by atoms with Gasteiger partial charge in [-0.25, -0.2) is 0 Å². The van der Waals surface area contributed by atoms with Gasteiger partial charge in [-0.1, -0.05) is 494 Å². The Balaban J connectivity index is -0.0000000185. The van der Waals surface area contributed by atoms with Crippen LogP contribution in [0.15, 0.2) is 0 Å². The van der Waals surface area contributed by atoms with E-state index in [9.17, 15) is 0 Å². The third-order valence-electron chi connectivity index (χ3n) is 11.1. The Bertz CT molecular complexity index is 645. The maximum Gasteiger partial charge on any atom is -0.0359 e. The molecule has 82 heavy (non-hydrogen) atoms. The largest absolute Gasteiger partial charge is 0.0776 e. The standard InChI is InChI=1S/C7H14.C7H16.C6H12.3C6H14.3C5H12.2C4H10.C3H8.3C2H6.12CH4/c1-7-5-3-2-4-6-7;1-5-7(3,4)6-2;1-6-4-2-3-5-6;2*1-5-6(2,3)4;1-4-6(3)5-2;1-5(2,3)4;2*1-4-5(2)3;1-4(2)3;1-3-4-2;1-3-2;3*1-2;;;;;;;;;;;;/h7H,2-6H2,1H3;5-6H2,1-4H3;6H,2-5H2,1H3;2*5H2,1-4H3;6H,4-5H2,1-3H3;1-4H3;2*5H,4H2,1-3H3;4H,1-3H3;3-4H2,1-2H3;3H2,1-2H3;3*1-2H3;12*1H4. The molecule has 0 bridgehead atoms. The molecule has 0 saturated heterocycles. The molecule has 542 valence electrons. The zero-order valence-electron chi connectivity index (χ0n) is 59.6. The molecule has 0 unspecified atom stereocenters. The Morgan fingerprint density at radius 1 is 0.305 bits per heavy atom. The number of hydrogen-bond donors (Lipinski definition) is 0. The minimum absolute atomic E-state index is 0. The molecular weight excluding hydrogens is 985 g/mol. The summed E-state index contributed by atoms with van der Waals surface area (Å²) in [7, 11) is 0. The first-order valence-electron chi connectivity index (χ1n) is 31.9. The van der Waals surface area contributed by atoms with Gasteiger partial charge >= 0.3 is 0 Å². The summed E-state index contributed by atoms with van der Waals surface area (Å²) < 4.78 is 0. The Labute approximate surface area is 548 Å². The van der Waals surface area contributed by atoms with Crippen LogP contribution >= 0.6 is 0 Å². The van der Waals surface area contributed by atoms with Crippen LogP contribution in [0.4, 0.5) is 0 Å². The highest BCUT2D eigenvalue weighted by Crippen LogP contribution is 2.24. The van der Waals surface area contributed by atoms with Crippen LogP contribution in [0.3, 0.4) is 0 Å². The van der Waals surface area contributed by atoms with Crippen molar-refractivity contribution < 1.29 is 0 Å². The molecule has 0 atom stereocenters. The summed E-state index contributed by atoms with van der Waals surface area (Å²) >= 11 is 0. The molecule has 2 saturated carbocycles. The number of hydrogen-bond acceptors (Lipinski definition) is 0. The molecule has 0 aromatic carbocycles. The highest BCUT2D eigenvalue weighted by molar-refractivity contribution is 4.62. The summed E-state index contributed by atoms with van der Waals surface area (Å²) in [4.78, 5) is 0. The highest BCUT2D eigenvalue weighted by Gasteiger charge is 2.10. The van der Waals surface area contributed by atoms with Gasteiger partial charge in [0.1, 0.15) is 0 Å². The van der Waals surface area contributed by atoms with Gasteiger partial charge in [0.25, 0.3) is 0 Å². The summed E-state index contributed by atoms with van der Waals surface area (Å²) in [5, 5.41) is 0. The van der Waals surface area contributed by atoms with Gasteiger partial charge in [-0.05, 0) is 57.2 Å². The molecule has 2 fully saturated rings. The van der Waals surface area contributed by atoms with Gasteiger partial charge < -0.3 is 0 Å². The average molecular weight is 1200 g/mol. The maximum atomic E-state index is 2.36. The van der Waals surface area contributed by atoms with Crippen LogP contribution in [0.5, 0.6) is 0 Å². The van der Waals surface area contributed by atoms with E-state index >= 15 is 0 Å². The molecule has 0 nitrogen and oxygen atoms in total. The van der Waals surface area contributed by atoms with Crippen LogP contribution in [0.25, 0.3) is 0 Å². The van der Waals surface area contributed by atoms with E-state index in [4.69, 9.17) is 0 Å². The van der Waals surface area contributed by atoms with Gasteiger partial charge in [-0.2, -0.15) is 0 Å². The van der Waals surface area contributed by atoms with Crippen LogP contribution in [-0.4, -0.2) is 0 Å². The van der Waals surface area contributed by atoms with E-state index in [0.29, 0.717) is 21.7 Å². The Morgan fingerprint density at radius 2 is 0.439 bits per heavy atom. The maximum absolute atomic E-state index is 2.36. The van der Waals surface area contributed by atoms with Crippen molar-refractivity contribution in [3.05, 3.63) is 0 Å². The van der Waals surface area contributed by atoms with E-state index < -0.39 is 0 Å². The molecular formula is C82H214. The molecule has 0 amide bonds. The van der Waals surface area contributed by atoms with Crippen LogP contribution in [-0.2, 0) is 0 Å². The van der Waals surface area contributed by atoms with Gasteiger partial charge in [0, 0.05) is 0 Å². The molecule has 2 rings (SSSR count). The van der Waals surface area contributed by atoms with Crippen LogP contribution < -0.4 is 0 Å². The summed E-state index contributed by atoms with van der Waals surface area (Å²) in [6.07, 6.45) is 27.7. The molecule has 0 radical (unpaired) electrons. The van der Waals surface area contributed by atoms with Crippen molar-refractivity contribution >= 4 is 0 Å². The fourth-order valence-electron chi connectivity index (χ4n) is 2.98. The lowest BCUT2D eigenvalue weighted by Crippen LogP contribution is -2.05. The predicted octanol–water partition coefficient (Wildman–Crippen LogP) is 36.7. The fourth-order valence-corrected chi connectivity index (χ4v) is 2.98. The quantitative estimate of drug-likeness (QED) is 0.238. The lowest BCUT2D eigenvalue weighted by molar-refractivity contribution is 0.338. The minimum Gasteiger partial charge on any atom is -0.0776 e. The Morgan fingerprint density at radius 3 is 0.463 bits per heavy atom. The first-order valence-corrected chi connectivity index (χ1v) is 31.9. The van der Waals surface area contributed by atoms with Crippen molar-refractivity contribution in [2.75, 3.05) is 0 Å². The van der Waals surface area contributed by atoms with E-state index in [1.165, 1.54) is 128 Å². The number of unbranched alkanes of at least 4 members (excludes halogenated alkanes) is 1. The first-order chi connectivity index (χ1) is 31.9. The smallest absolute Gasteiger partial charge is 0.0359 e. The molecule has 0 aliphatic heterocycles. The Hall–Kier alpha value is 0. The molecule has 0 N–H and O–H groups in total. The van der Waals surface area contributed by atoms with Crippen molar-refractivity contribution in [2.24, 2.45) is 57.2 Å². The topological polar surface area (TPSA) is 0 Å². The van der Waals surface area contributed by atoms with Gasteiger partial charge in [-0.15, -0.1) is 0 Å². The summed E-state index contributed by atoms with van der Waals surface area (Å²) in [6, 6.07) is 0. The minimum atomic E-state index is 0. The van der Waals surface area contributed by atoms with Crippen LogP contribution in [0, 0.1) is 57.2 Å². The summed E-state index contributed by atoms with van der Waals surface area (Å²) in [5.74, 6) is 5.62. The molecule has 0 spiro atoms. The van der Waals surface area contributed by atoms with Crippen molar-refractivity contribution in [1.82, 2.24) is 0 Å². The van der Waals surface area contributed by atoms with E-state index in [1.54, 1.807) is 0 Å². The van der Waals surface area contributed by atoms with E-state index in [-0.39, 0.29) is 89.1 Å². The zero-order chi connectivity index (χ0) is 59.6. The van der Waals surface area contributed by atoms with Gasteiger partial charge in [0.2, 0.25) is 0 Å². The number of rotatable bonds is 7. The first kappa shape index (κ1) is 166. The molecule has 0 heterocycles. The normalized spacial score (nSPS) is 10.7. The SMILES string of the molecule is C.C.C.C.C.C.C.C.C.C.C.C.CC.CC.CC.CC(C)(C)C.CC(C)C.CC1CCCC1.CC1CCCCC1.CCC.CCC(C)(C)C.CCC(C)(C)C.CCC(C)(C)CC.CCC(C)C.CCC(C)C.CCC(C)CC.CCCC. The molecule has 2 aliphatic carbocycles. The van der Waals surface area contributed by atoms with Crippen molar-refractivity contribution in [2.45, 2.75) is 494 Å².